The van der Waals surface area contributed by atoms with Gasteiger partial charge in [-0.05, 0) is 72.4 Å². The summed E-state index contributed by atoms with van der Waals surface area (Å²) in [5, 5.41) is -0.938. The van der Waals surface area contributed by atoms with E-state index in [0.29, 0.717) is 24.0 Å². The van der Waals surface area contributed by atoms with Gasteiger partial charge in [0.05, 0.1) is 0 Å². The first kappa shape index (κ1) is 51.9. The number of alkyl halides is 6. The molecule has 2 aliphatic rings. The summed E-state index contributed by atoms with van der Waals surface area (Å²) >= 11 is 0. The molecule has 2 aromatic heterocycles. The van der Waals surface area contributed by atoms with E-state index in [1.807, 2.05) is 41.5 Å². The first-order valence-corrected chi connectivity index (χ1v) is 27.5. The number of carbonyl (C=O) groups is 4. The Labute approximate surface area is 384 Å². The molecule has 356 valence electrons. The summed E-state index contributed by atoms with van der Waals surface area (Å²) in [6, 6.07) is 22.2. The quantitative estimate of drug-likeness (QED) is 0.0782. The molecule has 6 rings (SSSR count). The summed E-state index contributed by atoms with van der Waals surface area (Å²) in [6.07, 6.45) is -10.3. The molecule has 0 unspecified atom stereocenters. The van der Waals surface area contributed by atoms with Crippen molar-refractivity contribution in [2.75, 3.05) is 22.9 Å². The number of Topliss-reactive ketones (excluding diaryl/α,β-unsaturated/α-hetero) is 2. The van der Waals surface area contributed by atoms with Crippen LogP contribution in [0.4, 0.5) is 38.0 Å². The lowest BCUT2D eigenvalue weighted by atomic mass is 9.93. The second kappa shape index (κ2) is 19.7. The van der Waals surface area contributed by atoms with Gasteiger partial charge < -0.3 is 8.85 Å². The topological polar surface area (TPSA) is 119 Å². The Kier molecular flexibility index (Phi) is 15.5. The average molecular weight is 957 g/mol. The third kappa shape index (κ3) is 11.5. The molecule has 0 radical (unpaired) electrons. The number of halogens is 6. The number of carbonyl (C=O) groups excluding carboxylic acids is 4. The van der Waals surface area contributed by atoms with E-state index < -0.39 is 86.5 Å². The Morgan fingerprint density at radius 2 is 0.848 bits per heavy atom. The molecule has 18 heteroatoms. The smallest absolute Gasteiger partial charge is 0.403 e. The molecule has 66 heavy (non-hydrogen) atoms. The highest BCUT2D eigenvalue weighted by molar-refractivity contribution is 6.74. The number of aromatic nitrogens is 2. The zero-order valence-corrected chi connectivity index (χ0v) is 40.9. The fraction of sp³-hybridized carbons (Fsp3) is 0.458. The zero-order valence-electron chi connectivity index (χ0n) is 38.9. The van der Waals surface area contributed by atoms with E-state index in [4.69, 9.17) is 8.85 Å². The number of anilines is 2. The lowest BCUT2D eigenvalue weighted by molar-refractivity contribution is -0.195. The summed E-state index contributed by atoms with van der Waals surface area (Å²) in [7, 11) is -5.74. The van der Waals surface area contributed by atoms with Gasteiger partial charge in [-0.2, -0.15) is 26.3 Å². The van der Waals surface area contributed by atoms with Crippen LogP contribution in [0.15, 0.2) is 97.3 Å². The molecule has 10 nitrogen and oxygen atoms in total. The van der Waals surface area contributed by atoms with Gasteiger partial charge in [-0.3, -0.25) is 29.0 Å². The maximum atomic E-state index is 14.5. The van der Waals surface area contributed by atoms with Crippen molar-refractivity contribution in [3.63, 3.8) is 0 Å². The molecule has 0 spiro atoms. The minimum atomic E-state index is -4.99. The molecule has 4 atom stereocenters. The van der Waals surface area contributed by atoms with Gasteiger partial charge in [-0.15, -0.1) is 0 Å². The molecular weight excluding hydrogens is 899 g/mol. The minimum Gasteiger partial charge on any atom is -0.405 e. The number of rotatable bonds is 12. The van der Waals surface area contributed by atoms with E-state index in [-0.39, 0.29) is 35.9 Å². The predicted molar refractivity (Wildman–Crippen MR) is 245 cm³/mol. The van der Waals surface area contributed by atoms with E-state index in [0.717, 1.165) is 9.80 Å². The van der Waals surface area contributed by atoms with Crippen molar-refractivity contribution in [3.8, 4) is 0 Å². The molecule has 0 saturated heterocycles. The van der Waals surface area contributed by atoms with Crippen LogP contribution in [0.1, 0.15) is 73.4 Å². The van der Waals surface area contributed by atoms with Gasteiger partial charge in [0, 0.05) is 36.6 Å². The number of benzene rings is 2. The van der Waals surface area contributed by atoms with Crippen LogP contribution in [0.25, 0.3) is 0 Å². The van der Waals surface area contributed by atoms with Crippen LogP contribution in [-0.4, -0.2) is 87.6 Å². The van der Waals surface area contributed by atoms with Crippen LogP contribution >= 0.6 is 0 Å². The highest BCUT2D eigenvalue weighted by atomic mass is 28.4. The van der Waals surface area contributed by atoms with Crippen LogP contribution in [0.5, 0.6) is 0 Å². The number of nitrogens with zero attached hydrogens (tertiary/aromatic N) is 4. The Morgan fingerprint density at radius 3 is 1.14 bits per heavy atom. The lowest BCUT2D eigenvalue weighted by Crippen LogP contribution is -2.56. The number of pyridine rings is 2. The van der Waals surface area contributed by atoms with Gasteiger partial charge in [0.2, 0.25) is 11.8 Å². The Hall–Kier alpha value is -5.05. The summed E-state index contributed by atoms with van der Waals surface area (Å²) in [5.74, 6) is -9.02. The second-order valence-electron chi connectivity index (χ2n) is 19.5. The van der Waals surface area contributed by atoms with Gasteiger partial charge >= 0.3 is 12.4 Å². The summed E-state index contributed by atoms with van der Waals surface area (Å²) in [5.41, 5.74) is 1.54. The maximum Gasteiger partial charge on any atom is 0.403 e. The monoisotopic (exact) mass is 956 g/mol. The largest absolute Gasteiger partial charge is 0.405 e. The van der Waals surface area contributed by atoms with Crippen LogP contribution in [0.3, 0.4) is 0 Å². The highest BCUT2D eigenvalue weighted by Crippen LogP contribution is 2.44. The predicted octanol–water partition coefficient (Wildman–Crippen LogP) is 10.8. The van der Waals surface area contributed by atoms with Crippen LogP contribution < -0.4 is 9.80 Å². The Balaban J connectivity index is 0.000000247. The molecule has 0 fully saturated rings. The molecule has 2 aromatic carbocycles. The Morgan fingerprint density at radius 1 is 0.530 bits per heavy atom. The molecule has 0 saturated carbocycles. The number of amides is 2. The first-order chi connectivity index (χ1) is 30.5. The minimum absolute atomic E-state index is 0.0724. The molecule has 0 N–H and O–H groups in total. The van der Waals surface area contributed by atoms with Gasteiger partial charge in [0.1, 0.15) is 23.8 Å². The fourth-order valence-electron chi connectivity index (χ4n) is 7.13. The van der Waals surface area contributed by atoms with E-state index >= 15 is 0 Å². The zero-order chi connectivity index (χ0) is 49.2. The number of fused-ring (bicyclic) bond motifs is 2. The highest BCUT2D eigenvalue weighted by Gasteiger charge is 2.59. The van der Waals surface area contributed by atoms with Crippen LogP contribution in [-0.2, 0) is 31.3 Å². The summed E-state index contributed by atoms with van der Waals surface area (Å²) in [4.78, 5) is 64.0. The molecule has 4 heterocycles. The maximum absolute atomic E-state index is 14.5. The molecule has 2 amide bonds. The molecule has 2 aliphatic heterocycles. The first-order valence-electron chi connectivity index (χ1n) is 21.7. The fourth-order valence-corrected chi connectivity index (χ4v) is 9.59. The summed E-state index contributed by atoms with van der Waals surface area (Å²) in [6.45, 7) is 18.4. The SMILES string of the molecule is CC(C)(C)[Si](C)(C)O[C@@H](C(=O)c1ccccc1)[C@@H](C(=O)N1CCc2cccnc21)C(F)(F)F.CC(C)(C)[Si](C)(C)O[C@@H](C(=O)c1ccccc1)[C@@H](C(=O)N1CCc2cccnc21)C(F)(F)F. The average Bonchev–Trinajstić information content (AvgIpc) is 3.87. The molecule has 0 aliphatic carbocycles. The van der Waals surface area contributed by atoms with Crippen molar-refractivity contribution in [1.82, 2.24) is 9.97 Å². The van der Waals surface area contributed by atoms with E-state index in [2.05, 4.69) is 9.97 Å². The van der Waals surface area contributed by atoms with Crippen molar-refractivity contribution in [2.24, 2.45) is 11.8 Å². The third-order valence-corrected chi connectivity index (χ3v) is 21.8. The lowest BCUT2D eigenvalue weighted by Gasteiger charge is -2.41. The van der Waals surface area contributed by atoms with Gasteiger partial charge in [-0.25, -0.2) is 9.97 Å². The number of ketones is 2. The Bertz CT molecular complexity index is 2200. The second-order valence-corrected chi connectivity index (χ2v) is 29.1. The summed E-state index contributed by atoms with van der Waals surface area (Å²) < 4.78 is 99.2. The third-order valence-electron chi connectivity index (χ3n) is 12.9. The van der Waals surface area contributed by atoms with Crippen molar-refractivity contribution < 1.29 is 54.4 Å². The van der Waals surface area contributed by atoms with E-state index in [1.54, 1.807) is 86.9 Å². The van der Waals surface area contributed by atoms with Crippen molar-refractivity contribution >= 4 is 51.7 Å². The van der Waals surface area contributed by atoms with E-state index in [1.165, 1.54) is 36.7 Å². The van der Waals surface area contributed by atoms with Crippen LogP contribution in [0.2, 0.25) is 36.3 Å². The standard InChI is InChI=1S/2C24H29F3N2O3Si/c2*1-23(2,3)33(4,5)32-20(19(30)16-10-7-6-8-11-16)18(24(25,26)27)22(31)29-15-13-17-12-9-14-28-21(17)29/h2*6-12,14,18,20H,13,15H2,1-5H3/t2*18-,20+/m00/s1. The van der Waals surface area contributed by atoms with Crippen molar-refractivity contribution in [2.45, 2.75) is 115 Å². The van der Waals surface area contributed by atoms with Crippen LogP contribution in [0, 0.1) is 11.8 Å². The van der Waals surface area contributed by atoms with Crippen molar-refractivity contribution in [3.05, 3.63) is 120 Å². The van der Waals surface area contributed by atoms with Gasteiger partial charge in [-0.1, -0.05) is 114 Å². The normalized spacial score (nSPS) is 16.3. The van der Waals surface area contributed by atoms with Gasteiger partial charge in [0.25, 0.3) is 0 Å². The number of hydrogen-bond acceptors (Lipinski definition) is 8. The van der Waals surface area contributed by atoms with Crippen molar-refractivity contribution in [1.29, 1.82) is 0 Å². The number of hydrogen-bond donors (Lipinski definition) is 0. The molecule has 0 bridgehead atoms. The molecule has 4 aromatic rings. The van der Waals surface area contributed by atoms with Gasteiger partial charge in [0.15, 0.2) is 40.0 Å². The van der Waals surface area contributed by atoms with E-state index in [9.17, 15) is 45.5 Å². The molecular formula is C48H58F6N4O6Si2.